The van der Waals surface area contributed by atoms with Gasteiger partial charge in [0.05, 0.1) is 27.7 Å². The average Bonchev–Trinajstić information content (AvgIpc) is 3.24. The van der Waals surface area contributed by atoms with Gasteiger partial charge in [0.2, 0.25) is 0 Å². The summed E-state index contributed by atoms with van der Waals surface area (Å²) >= 11 is 1.41. The third kappa shape index (κ3) is 4.11. The van der Waals surface area contributed by atoms with Gasteiger partial charge in [-0.15, -0.1) is 11.3 Å². The molecule has 9 heteroatoms. The Morgan fingerprint density at radius 3 is 2.53 bits per heavy atom. The number of piperazine rings is 1. The number of nitrogens with one attached hydrogen (secondary N) is 1. The minimum absolute atomic E-state index is 0.156. The van der Waals surface area contributed by atoms with Gasteiger partial charge >= 0.3 is 0 Å². The molecule has 6 rings (SSSR count). The monoisotopic (exact) mass is 495 g/mol. The van der Waals surface area contributed by atoms with Crippen LogP contribution in [0.2, 0.25) is 0 Å². The molecule has 36 heavy (non-hydrogen) atoms. The van der Waals surface area contributed by atoms with Gasteiger partial charge in [-0.05, 0) is 43.7 Å². The van der Waals surface area contributed by atoms with Gasteiger partial charge in [-0.2, -0.15) is 0 Å². The second-order valence-corrected chi connectivity index (χ2v) is 9.86. The fourth-order valence-electron chi connectivity index (χ4n) is 4.68. The van der Waals surface area contributed by atoms with Crippen LogP contribution in [0, 0.1) is 13.8 Å². The van der Waals surface area contributed by atoms with Crippen LogP contribution in [0.1, 0.15) is 21.1 Å². The summed E-state index contributed by atoms with van der Waals surface area (Å²) in [4.78, 5) is 37.8. The fourth-order valence-corrected chi connectivity index (χ4v) is 5.80. The zero-order valence-electron chi connectivity index (χ0n) is 20.1. The van der Waals surface area contributed by atoms with Crippen LogP contribution in [0.5, 0.6) is 0 Å². The minimum Gasteiger partial charge on any atom is -0.353 e. The van der Waals surface area contributed by atoms with E-state index in [2.05, 4.69) is 30.1 Å². The average molecular weight is 496 g/mol. The molecule has 1 saturated heterocycles. The molecule has 0 aliphatic carbocycles. The lowest BCUT2D eigenvalue weighted by Crippen LogP contribution is -2.47. The van der Waals surface area contributed by atoms with E-state index in [0.717, 1.165) is 64.5 Å². The van der Waals surface area contributed by atoms with Crippen molar-refractivity contribution < 1.29 is 4.79 Å². The lowest BCUT2D eigenvalue weighted by atomic mass is 10.1. The van der Waals surface area contributed by atoms with Crippen molar-refractivity contribution >= 4 is 55.7 Å². The first-order valence-electron chi connectivity index (χ1n) is 11.9. The third-order valence-electron chi connectivity index (χ3n) is 6.49. The number of amides is 1. The van der Waals surface area contributed by atoms with Crippen molar-refractivity contribution in [3.05, 3.63) is 77.2 Å². The topological polar surface area (TPSA) is 87.1 Å². The maximum Gasteiger partial charge on any atom is 0.266 e. The number of carbonyl (C=O) groups excluding carboxylic acids is 1. The van der Waals surface area contributed by atoms with Crippen molar-refractivity contribution in [2.45, 2.75) is 13.8 Å². The predicted octanol–water partition coefficient (Wildman–Crippen LogP) is 4.83. The van der Waals surface area contributed by atoms with E-state index >= 15 is 0 Å². The summed E-state index contributed by atoms with van der Waals surface area (Å²) in [5, 5.41) is 4.96. The highest BCUT2D eigenvalue weighted by Gasteiger charge is 2.25. The molecular weight excluding hydrogens is 470 g/mol. The quantitative estimate of drug-likeness (QED) is 0.382. The summed E-state index contributed by atoms with van der Waals surface area (Å²) < 4.78 is 0. The van der Waals surface area contributed by atoms with E-state index in [1.54, 1.807) is 6.20 Å². The van der Waals surface area contributed by atoms with Gasteiger partial charge in [0, 0.05) is 37.8 Å². The van der Waals surface area contributed by atoms with E-state index in [9.17, 15) is 4.79 Å². The first-order valence-corrected chi connectivity index (χ1v) is 12.7. The SMILES string of the molecule is Cc1nc(N2CCN(c3ccccn3)CC2)c2c(C)c(C(=O)Nc3cnc4ccccc4c3)sc2n1. The van der Waals surface area contributed by atoms with E-state index in [1.807, 2.05) is 68.6 Å². The summed E-state index contributed by atoms with van der Waals surface area (Å²) in [6.45, 7) is 7.24. The van der Waals surface area contributed by atoms with Crippen molar-refractivity contribution in [2.75, 3.05) is 41.3 Å². The highest BCUT2D eigenvalue weighted by Crippen LogP contribution is 2.36. The van der Waals surface area contributed by atoms with E-state index in [1.165, 1.54) is 11.3 Å². The van der Waals surface area contributed by atoms with E-state index in [4.69, 9.17) is 4.98 Å². The van der Waals surface area contributed by atoms with E-state index in [-0.39, 0.29) is 5.91 Å². The van der Waals surface area contributed by atoms with Crippen LogP contribution < -0.4 is 15.1 Å². The zero-order valence-corrected chi connectivity index (χ0v) is 20.9. The van der Waals surface area contributed by atoms with Gasteiger partial charge in [-0.25, -0.2) is 15.0 Å². The molecule has 1 fully saturated rings. The molecule has 0 bridgehead atoms. The number of hydrogen-bond acceptors (Lipinski definition) is 8. The summed E-state index contributed by atoms with van der Waals surface area (Å²) in [5.41, 5.74) is 2.47. The molecule has 5 aromatic rings. The molecule has 1 amide bonds. The number of anilines is 3. The Bertz CT molecular complexity index is 1580. The van der Waals surface area contributed by atoms with Crippen LogP contribution in [0.4, 0.5) is 17.3 Å². The second-order valence-electron chi connectivity index (χ2n) is 8.86. The van der Waals surface area contributed by atoms with Crippen molar-refractivity contribution in [3.63, 3.8) is 0 Å². The molecule has 8 nitrogen and oxygen atoms in total. The molecule has 4 aromatic heterocycles. The molecule has 180 valence electrons. The number of para-hydroxylation sites is 1. The molecule has 1 aliphatic heterocycles. The Labute approximate surface area is 212 Å². The number of aromatic nitrogens is 4. The van der Waals surface area contributed by atoms with Crippen molar-refractivity contribution in [2.24, 2.45) is 0 Å². The van der Waals surface area contributed by atoms with E-state index < -0.39 is 0 Å². The van der Waals surface area contributed by atoms with Gasteiger partial charge in [0.25, 0.3) is 5.91 Å². The third-order valence-corrected chi connectivity index (χ3v) is 7.67. The van der Waals surface area contributed by atoms with E-state index in [0.29, 0.717) is 16.4 Å². The Morgan fingerprint density at radius 2 is 1.72 bits per heavy atom. The highest BCUT2D eigenvalue weighted by atomic mass is 32.1. The molecule has 0 spiro atoms. The summed E-state index contributed by atoms with van der Waals surface area (Å²) in [7, 11) is 0. The Kier molecular flexibility index (Phi) is 5.69. The smallest absolute Gasteiger partial charge is 0.266 e. The van der Waals surface area contributed by atoms with Gasteiger partial charge < -0.3 is 15.1 Å². The van der Waals surface area contributed by atoms with Crippen LogP contribution >= 0.6 is 11.3 Å². The van der Waals surface area contributed by atoms with Crippen LogP contribution in [-0.4, -0.2) is 52.0 Å². The molecule has 0 unspecified atom stereocenters. The fraction of sp³-hybridized carbons (Fsp3) is 0.222. The standard InChI is InChI=1S/C27H25N7OS/c1-17-23-25(34-13-11-33(12-14-34)22-9-5-6-10-28-22)30-18(2)31-27(23)36-24(17)26(35)32-20-15-19-7-3-4-8-21(19)29-16-20/h3-10,15-16H,11-14H2,1-2H3,(H,32,35). The first kappa shape index (κ1) is 22.4. The summed E-state index contributed by atoms with van der Waals surface area (Å²) in [5.74, 6) is 2.45. The molecule has 0 atom stereocenters. The number of aryl methyl sites for hydroxylation is 2. The van der Waals surface area contributed by atoms with Crippen LogP contribution in [0.25, 0.3) is 21.1 Å². The lowest BCUT2D eigenvalue weighted by molar-refractivity contribution is 0.103. The van der Waals surface area contributed by atoms with Gasteiger partial charge in [0.1, 0.15) is 22.3 Å². The molecular formula is C27H25N7OS. The number of carbonyl (C=O) groups is 1. The number of nitrogens with zero attached hydrogens (tertiary/aromatic N) is 6. The Morgan fingerprint density at radius 1 is 0.944 bits per heavy atom. The van der Waals surface area contributed by atoms with Gasteiger partial charge in [-0.3, -0.25) is 9.78 Å². The summed E-state index contributed by atoms with van der Waals surface area (Å²) in [6, 6.07) is 15.8. The van der Waals surface area contributed by atoms with Crippen LogP contribution in [-0.2, 0) is 0 Å². The maximum atomic E-state index is 13.3. The minimum atomic E-state index is -0.156. The van der Waals surface area contributed by atoms with Crippen LogP contribution in [0.3, 0.4) is 0 Å². The molecule has 1 aliphatic rings. The zero-order chi connectivity index (χ0) is 24.6. The number of fused-ring (bicyclic) bond motifs is 2. The number of rotatable bonds is 4. The van der Waals surface area contributed by atoms with Crippen molar-refractivity contribution in [1.29, 1.82) is 0 Å². The van der Waals surface area contributed by atoms with Crippen molar-refractivity contribution in [1.82, 2.24) is 19.9 Å². The normalized spacial score (nSPS) is 13.9. The van der Waals surface area contributed by atoms with Crippen molar-refractivity contribution in [3.8, 4) is 0 Å². The molecule has 0 radical (unpaired) electrons. The van der Waals surface area contributed by atoms with Crippen LogP contribution in [0.15, 0.2) is 60.9 Å². The highest BCUT2D eigenvalue weighted by molar-refractivity contribution is 7.20. The molecule has 5 heterocycles. The maximum absolute atomic E-state index is 13.3. The molecule has 0 saturated carbocycles. The molecule has 1 N–H and O–H groups in total. The molecule has 1 aromatic carbocycles. The first-order chi connectivity index (χ1) is 17.6. The number of hydrogen-bond donors (Lipinski definition) is 1. The second kappa shape index (κ2) is 9.16. The largest absolute Gasteiger partial charge is 0.353 e. The Balaban J connectivity index is 1.28. The number of thiophene rings is 1. The predicted molar refractivity (Wildman–Crippen MR) is 145 cm³/mol. The van der Waals surface area contributed by atoms with Gasteiger partial charge in [-0.1, -0.05) is 24.3 Å². The summed E-state index contributed by atoms with van der Waals surface area (Å²) in [6.07, 6.45) is 3.52. The lowest BCUT2D eigenvalue weighted by Gasteiger charge is -2.36. The Hall–Kier alpha value is -4.11. The number of pyridine rings is 2. The number of benzene rings is 1. The van der Waals surface area contributed by atoms with Gasteiger partial charge in [0.15, 0.2) is 0 Å².